The van der Waals surface area contributed by atoms with Gasteiger partial charge in [0.1, 0.15) is 27.6 Å². The minimum Gasteiger partial charge on any atom is -0.226 e. The Labute approximate surface area is 112 Å². The lowest BCUT2D eigenvalue weighted by Gasteiger charge is -2.04. The van der Waals surface area contributed by atoms with Gasteiger partial charge >= 0.3 is 0 Å². The minimum absolute atomic E-state index is 0.299. The standard InChI is InChI=1S/C12H9ClF2N2S/c1-2-11-16-10(13)6-12(17-11)18-9-4-3-7(14)5-8(9)15/h3-6H,2H2,1H3. The number of aromatic nitrogens is 2. The Morgan fingerprint density at radius 2 is 2.00 bits per heavy atom. The van der Waals surface area contributed by atoms with Crippen molar-refractivity contribution in [1.29, 1.82) is 0 Å². The third-order valence-electron chi connectivity index (χ3n) is 2.14. The number of benzene rings is 1. The first-order valence-electron chi connectivity index (χ1n) is 5.25. The Hall–Kier alpha value is -1.20. The number of hydrogen-bond acceptors (Lipinski definition) is 3. The molecule has 2 rings (SSSR count). The van der Waals surface area contributed by atoms with Crippen molar-refractivity contribution in [1.82, 2.24) is 9.97 Å². The van der Waals surface area contributed by atoms with Crippen molar-refractivity contribution in [3.63, 3.8) is 0 Å². The topological polar surface area (TPSA) is 25.8 Å². The number of aryl methyl sites for hydroxylation is 1. The van der Waals surface area contributed by atoms with E-state index in [1.807, 2.05) is 6.92 Å². The van der Waals surface area contributed by atoms with Crippen molar-refractivity contribution in [2.75, 3.05) is 0 Å². The van der Waals surface area contributed by atoms with Gasteiger partial charge in [-0.05, 0) is 12.1 Å². The van der Waals surface area contributed by atoms with Crippen molar-refractivity contribution in [3.8, 4) is 0 Å². The number of halogens is 3. The maximum absolute atomic E-state index is 13.5. The van der Waals surface area contributed by atoms with Gasteiger partial charge in [-0.1, -0.05) is 30.3 Å². The zero-order valence-corrected chi connectivity index (χ0v) is 11.0. The molecule has 2 nitrogen and oxygen atoms in total. The van der Waals surface area contributed by atoms with E-state index < -0.39 is 11.6 Å². The molecule has 0 atom stereocenters. The van der Waals surface area contributed by atoms with Crippen LogP contribution in [0, 0.1) is 11.6 Å². The summed E-state index contributed by atoms with van der Waals surface area (Å²) in [6.45, 7) is 1.90. The van der Waals surface area contributed by atoms with E-state index in [0.29, 0.717) is 27.3 Å². The predicted octanol–water partition coefficient (Wildman–Crippen LogP) is 4.12. The summed E-state index contributed by atoms with van der Waals surface area (Å²) in [5, 5.41) is 0.851. The fourth-order valence-corrected chi connectivity index (χ4v) is 2.43. The molecule has 1 aromatic heterocycles. The summed E-state index contributed by atoms with van der Waals surface area (Å²) in [6, 6.07) is 4.96. The van der Waals surface area contributed by atoms with E-state index in [1.54, 1.807) is 6.07 Å². The molecule has 2 aromatic rings. The largest absolute Gasteiger partial charge is 0.226 e. The third-order valence-corrected chi connectivity index (χ3v) is 3.31. The molecule has 0 radical (unpaired) electrons. The number of nitrogens with zero attached hydrogens (tertiary/aromatic N) is 2. The molecular weight excluding hydrogens is 278 g/mol. The van der Waals surface area contributed by atoms with Crippen LogP contribution < -0.4 is 0 Å². The SMILES string of the molecule is CCc1nc(Cl)cc(Sc2ccc(F)cc2F)n1. The van der Waals surface area contributed by atoms with E-state index in [4.69, 9.17) is 11.6 Å². The summed E-state index contributed by atoms with van der Waals surface area (Å²) < 4.78 is 26.3. The lowest BCUT2D eigenvalue weighted by atomic mass is 10.3. The molecule has 0 saturated carbocycles. The van der Waals surface area contributed by atoms with Gasteiger partial charge in [0, 0.05) is 23.4 Å². The molecule has 0 aliphatic rings. The van der Waals surface area contributed by atoms with Crippen LogP contribution in [-0.2, 0) is 6.42 Å². The van der Waals surface area contributed by atoms with E-state index in [1.165, 1.54) is 12.1 Å². The third kappa shape index (κ3) is 3.17. The van der Waals surface area contributed by atoms with E-state index in [9.17, 15) is 8.78 Å². The van der Waals surface area contributed by atoms with Gasteiger partial charge in [0.25, 0.3) is 0 Å². The maximum atomic E-state index is 13.5. The van der Waals surface area contributed by atoms with Gasteiger partial charge in [-0.25, -0.2) is 18.7 Å². The van der Waals surface area contributed by atoms with E-state index in [2.05, 4.69) is 9.97 Å². The van der Waals surface area contributed by atoms with Crippen molar-refractivity contribution in [2.45, 2.75) is 23.3 Å². The van der Waals surface area contributed by atoms with Gasteiger partial charge in [-0.15, -0.1) is 0 Å². The molecule has 0 fully saturated rings. The fraction of sp³-hybridized carbons (Fsp3) is 0.167. The second-order valence-electron chi connectivity index (χ2n) is 3.48. The molecule has 0 bridgehead atoms. The highest BCUT2D eigenvalue weighted by Crippen LogP contribution is 2.29. The zero-order chi connectivity index (χ0) is 13.1. The molecule has 0 spiro atoms. The van der Waals surface area contributed by atoms with Crippen LogP contribution >= 0.6 is 23.4 Å². The first-order chi connectivity index (χ1) is 8.58. The molecule has 6 heteroatoms. The summed E-state index contributed by atoms with van der Waals surface area (Å²) in [5.41, 5.74) is 0. The van der Waals surface area contributed by atoms with Crippen molar-refractivity contribution in [2.24, 2.45) is 0 Å². The van der Waals surface area contributed by atoms with Crippen LogP contribution in [-0.4, -0.2) is 9.97 Å². The number of hydrogen-bond donors (Lipinski definition) is 0. The first-order valence-corrected chi connectivity index (χ1v) is 6.44. The van der Waals surface area contributed by atoms with Crippen LogP contribution in [0.3, 0.4) is 0 Å². The van der Waals surface area contributed by atoms with E-state index >= 15 is 0 Å². The van der Waals surface area contributed by atoms with Crippen molar-refractivity contribution < 1.29 is 8.78 Å². The van der Waals surface area contributed by atoms with Gasteiger partial charge in [-0.2, -0.15) is 0 Å². The molecule has 0 saturated heterocycles. The monoisotopic (exact) mass is 286 g/mol. The second-order valence-corrected chi connectivity index (χ2v) is 4.92. The predicted molar refractivity (Wildman–Crippen MR) is 66.9 cm³/mol. The first kappa shape index (κ1) is 13.2. The smallest absolute Gasteiger partial charge is 0.140 e. The minimum atomic E-state index is -0.618. The van der Waals surface area contributed by atoms with Crippen LogP contribution in [0.1, 0.15) is 12.7 Å². The highest BCUT2D eigenvalue weighted by molar-refractivity contribution is 7.99. The van der Waals surface area contributed by atoms with Crippen LogP contribution in [0.15, 0.2) is 34.2 Å². The molecule has 0 unspecified atom stereocenters. The average molecular weight is 287 g/mol. The molecular formula is C12H9ClF2N2S. The summed E-state index contributed by atoms with van der Waals surface area (Å²) in [5.74, 6) is -0.632. The Balaban J connectivity index is 2.30. The fourth-order valence-electron chi connectivity index (χ4n) is 1.32. The van der Waals surface area contributed by atoms with Crippen LogP contribution in [0.2, 0.25) is 5.15 Å². The average Bonchev–Trinajstić information content (AvgIpc) is 2.32. The Morgan fingerprint density at radius 1 is 1.22 bits per heavy atom. The summed E-state index contributed by atoms with van der Waals surface area (Å²) in [6.07, 6.45) is 0.639. The quantitative estimate of drug-likeness (QED) is 0.794. The second kappa shape index (κ2) is 5.63. The molecule has 0 aliphatic carbocycles. The molecule has 0 aliphatic heterocycles. The highest BCUT2D eigenvalue weighted by atomic mass is 35.5. The Morgan fingerprint density at radius 3 is 2.67 bits per heavy atom. The van der Waals surface area contributed by atoms with E-state index in [0.717, 1.165) is 17.8 Å². The molecule has 1 heterocycles. The van der Waals surface area contributed by atoms with E-state index in [-0.39, 0.29) is 0 Å². The normalized spacial score (nSPS) is 10.7. The Kier molecular flexibility index (Phi) is 4.14. The van der Waals surface area contributed by atoms with Gasteiger partial charge < -0.3 is 0 Å². The lowest BCUT2D eigenvalue weighted by molar-refractivity contribution is 0.565. The van der Waals surface area contributed by atoms with Gasteiger partial charge in [0.05, 0.1) is 0 Å². The van der Waals surface area contributed by atoms with Gasteiger partial charge in [-0.3, -0.25) is 0 Å². The summed E-state index contributed by atoms with van der Waals surface area (Å²) in [4.78, 5) is 8.53. The van der Waals surface area contributed by atoms with Gasteiger partial charge in [0.2, 0.25) is 0 Å². The van der Waals surface area contributed by atoms with Crippen molar-refractivity contribution >= 4 is 23.4 Å². The van der Waals surface area contributed by atoms with Crippen LogP contribution in [0.25, 0.3) is 0 Å². The molecule has 18 heavy (non-hydrogen) atoms. The molecule has 0 N–H and O–H groups in total. The lowest BCUT2D eigenvalue weighted by Crippen LogP contribution is -1.95. The summed E-state index contributed by atoms with van der Waals surface area (Å²) in [7, 11) is 0. The number of rotatable bonds is 3. The van der Waals surface area contributed by atoms with Crippen LogP contribution in [0.5, 0.6) is 0 Å². The molecule has 0 amide bonds. The zero-order valence-electron chi connectivity index (χ0n) is 9.45. The van der Waals surface area contributed by atoms with Gasteiger partial charge in [0.15, 0.2) is 0 Å². The van der Waals surface area contributed by atoms with Crippen LogP contribution in [0.4, 0.5) is 8.78 Å². The summed E-state index contributed by atoms with van der Waals surface area (Å²) >= 11 is 6.93. The van der Waals surface area contributed by atoms with Crippen molar-refractivity contribution in [3.05, 3.63) is 46.9 Å². The molecule has 94 valence electrons. The molecule has 1 aromatic carbocycles. The maximum Gasteiger partial charge on any atom is 0.140 e. The highest BCUT2D eigenvalue weighted by Gasteiger charge is 2.08. The Bertz CT molecular complexity index is 578.